The largest absolute Gasteiger partial charge is 0.480 e. The second-order valence-electron chi connectivity index (χ2n) is 6.34. The van der Waals surface area contributed by atoms with Crippen molar-refractivity contribution in [1.82, 2.24) is 4.31 Å². The summed E-state index contributed by atoms with van der Waals surface area (Å²) in [6.45, 7) is 3.80. The van der Waals surface area contributed by atoms with Gasteiger partial charge in [-0.3, -0.25) is 0 Å². The molecule has 28 heavy (non-hydrogen) atoms. The highest BCUT2D eigenvalue weighted by Crippen LogP contribution is 2.44. The summed E-state index contributed by atoms with van der Waals surface area (Å²) in [4.78, 5) is 0.130. The molecule has 0 fully saturated rings. The Morgan fingerprint density at radius 3 is 2.68 bits per heavy atom. The Bertz CT molecular complexity index is 1090. The van der Waals surface area contributed by atoms with Crippen molar-refractivity contribution >= 4 is 26.0 Å². The number of hydrogen-bond donors (Lipinski definition) is 1. The lowest BCUT2D eigenvalue weighted by Gasteiger charge is -2.23. The molecule has 1 N–H and O–H groups in total. The number of rotatable bonds is 5. The van der Waals surface area contributed by atoms with Gasteiger partial charge >= 0.3 is 0 Å². The van der Waals surface area contributed by atoms with Crippen LogP contribution >= 0.6 is 15.9 Å². The fraction of sp³-hybridized carbons (Fsp3) is 0.250. The van der Waals surface area contributed by atoms with E-state index in [1.165, 1.54) is 10.4 Å². The first kappa shape index (κ1) is 20.4. The summed E-state index contributed by atoms with van der Waals surface area (Å²) in [5.41, 5.74) is 2.05. The van der Waals surface area contributed by atoms with E-state index in [0.717, 1.165) is 15.6 Å². The lowest BCUT2D eigenvalue weighted by Crippen LogP contribution is -2.29. The maximum absolute atomic E-state index is 13.2. The van der Waals surface area contributed by atoms with Crippen LogP contribution in [-0.4, -0.2) is 24.4 Å². The van der Waals surface area contributed by atoms with Crippen LogP contribution < -0.4 is 0 Å². The van der Waals surface area contributed by atoms with Gasteiger partial charge in [0, 0.05) is 11.0 Å². The molecule has 1 unspecified atom stereocenters. The maximum Gasteiger partial charge on any atom is 0.293 e. The Hall–Kier alpha value is -2.34. The average Bonchev–Trinajstić information content (AvgIpc) is 2.87. The molecule has 0 spiro atoms. The molecule has 1 aliphatic heterocycles. The van der Waals surface area contributed by atoms with Crippen LogP contribution in [0.5, 0.6) is 0 Å². The van der Waals surface area contributed by atoms with Gasteiger partial charge in [0.15, 0.2) is 0 Å². The van der Waals surface area contributed by atoms with Gasteiger partial charge in [-0.15, -0.1) is 0 Å². The van der Waals surface area contributed by atoms with Crippen LogP contribution in [0.15, 0.2) is 63.4 Å². The summed E-state index contributed by atoms with van der Waals surface area (Å²) >= 11 is 3.44. The predicted octanol–water partition coefficient (Wildman–Crippen LogP) is 4.33. The van der Waals surface area contributed by atoms with Crippen LogP contribution in [0.3, 0.4) is 0 Å². The summed E-state index contributed by atoms with van der Waals surface area (Å²) < 4.78 is 33.7. The normalized spacial score (nSPS) is 18.9. The second kappa shape index (κ2) is 7.95. The first-order valence-corrected chi connectivity index (χ1v) is 10.9. The molecular formula is C20H19BrN2O4S. The third kappa shape index (κ3) is 3.53. The number of aryl methyl sites for hydroxylation is 1. The SMILES string of the molecule is CCO/C(O)=C(/C#N)C1c2ccccc2S(=O)(=O)N1Cc1ccc(Br)c(C)c1. The quantitative estimate of drug-likeness (QED) is 0.527. The standard InChI is InChI=1S/C20H19BrN2O4S/c1-3-27-20(24)16(11-22)19-15-6-4-5-7-18(15)28(25,26)23(19)12-14-8-9-17(21)13(2)10-14/h4-10,19,24H,3,12H2,1-2H3/b20-16-. The zero-order valence-corrected chi connectivity index (χ0v) is 17.8. The topological polar surface area (TPSA) is 90.6 Å². The number of nitriles is 1. The molecule has 0 radical (unpaired) electrons. The zero-order chi connectivity index (χ0) is 20.5. The second-order valence-corrected chi connectivity index (χ2v) is 9.05. The van der Waals surface area contributed by atoms with Crippen molar-refractivity contribution < 1.29 is 18.3 Å². The highest BCUT2D eigenvalue weighted by molar-refractivity contribution is 9.10. The highest BCUT2D eigenvalue weighted by atomic mass is 79.9. The highest BCUT2D eigenvalue weighted by Gasteiger charge is 2.45. The lowest BCUT2D eigenvalue weighted by molar-refractivity contribution is 0.0952. The van der Waals surface area contributed by atoms with Gasteiger partial charge in [0.05, 0.1) is 17.5 Å². The molecule has 2 aromatic carbocycles. The Labute approximate surface area is 172 Å². The number of aliphatic hydroxyl groups is 1. The van der Waals surface area contributed by atoms with Crippen molar-refractivity contribution in [3.8, 4) is 6.07 Å². The molecule has 1 heterocycles. The Morgan fingerprint density at radius 1 is 1.32 bits per heavy atom. The number of aliphatic hydroxyl groups excluding tert-OH is 1. The third-order valence-corrected chi connectivity index (χ3v) is 7.33. The minimum absolute atomic E-state index is 0.0559. The number of halogens is 1. The molecular weight excluding hydrogens is 444 g/mol. The number of hydrogen-bond acceptors (Lipinski definition) is 5. The van der Waals surface area contributed by atoms with E-state index in [-0.39, 0.29) is 23.6 Å². The molecule has 0 saturated carbocycles. The van der Waals surface area contributed by atoms with Gasteiger partial charge in [0.2, 0.25) is 10.0 Å². The Morgan fingerprint density at radius 2 is 2.04 bits per heavy atom. The molecule has 2 aromatic rings. The number of fused-ring (bicyclic) bond motifs is 1. The number of nitrogens with zero attached hydrogens (tertiary/aromatic N) is 2. The molecule has 0 aliphatic carbocycles. The van der Waals surface area contributed by atoms with Gasteiger partial charge in [0.25, 0.3) is 5.95 Å². The molecule has 0 saturated heterocycles. The van der Waals surface area contributed by atoms with Crippen LogP contribution in [0, 0.1) is 18.3 Å². The molecule has 1 atom stereocenters. The molecule has 6 nitrogen and oxygen atoms in total. The summed E-state index contributed by atoms with van der Waals surface area (Å²) in [5.74, 6) is -0.557. The summed E-state index contributed by atoms with van der Waals surface area (Å²) in [6, 6.07) is 13.1. The van der Waals surface area contributed by atoms with Gasteiger partial charge < -0.3 is 9.84 Å². The summed E-state index contributed by atoms with van der Waals surface area (Å²) in [5, 5.41) is 19.9. The Balaban J connectivity index is 2.16. The minimum atomic E-state index is -3.85. The van der Waals surface area contributed by atoms with E-state index in [1.54, 1.807) is 25.1 Å². The summed E-state index contributed by atoms with van der Waals surface area (Å²) in [7, 11) is -3.85. The zero-order valence-electron chi connectivity index (χ0n) is 15.4. The van der Waals surface area contributed by atoms with Crippen molar-refractivity contribution in [2.45, 2.75) is 31.3 Å². The van der Waals surface area contributed by atoms with Crippen LogP contribution in [0.25, 0.3) is 0 Å². The first-order valence-electron chi connectivity index (χ1n) is 8.63. The monoisotopic (exact) mass is 462 g/mol. The molecule has 146 valence electrons. The van der Waals surface area contributed by atoms with Gasteiger partial charge in [0.1, 0.15) is 11.6 Å². The van der Waals surface area contributed by atoms with Crippen molar-refractivity contribution in [2.24, 2.45) is 0 Å². The first-order chi connectivity index (χ1) is 13.3. The molecule has 8 heteroatoms. The fourth-order valence-corrected chi connectivity index (χ4v) is 5.31. The van der Waals surface area contributed by atoms with E-state index in [4.69, 9.17) is 4.74 Å². The minimum Gasteiger partial charge on any atom is -0.480 e. The predicted molar refractivity (Wildman–Crippen MR) is 108 cm³/mol. The van der Waals surface area contributed by atoms with Crippen molar-refractivity contribution in [1.29, 1.82) is 5.26 Å². The van der Waals surface area contributed by atoms with Crippen LogP contribution in [0.4, 0.5) is 0 Å². The van der Waals surface area contributed by atoms with E-state index >= 15 is 0 Å². The lowest BCUT2D eigenvalue weighted by atomic mass is 9.99. The molecule has 0 aromatic heterocycles. The van der Waals surface area contributed by atoms with E-state index < -0.39 is 22.0 Å². The van der Waals surface area contributed by atoms with Crippen LogP contribution in [0.2, 0.25) is 0 Å². The fourth-order valence-electron chi connectivity index (χ4n) is 3.26. The van der Waals surface area contributed by atoms with Gasteiger partial charge in [-0.1, -0.05) is 46.3 Å². The van der Waals surface area contributed by atoms with E-state index in [0.29, 0.717) is 5.56 Å². The molecule has 3 rings (SSSR count). The van der Waals surface area contributed by atoms with Gasteiger partial charge in [-0.2, -0.15) is 9.57 Å². The van der Waals surface area contributed by atoms with Crippen molar-refractivity contribution in [3.63, 3.8) is 0 Å². The van der Waals surface area contributed by atoms with Crippen molar-refractivity contribution in [3.05, 3.63) is 75.1 Å². The molecule has 1 aliphatic rings. The smallest absolute Gasteiger partial charge is 0.293 e. The summed E-state index contributed by atoms with van der Waals surface area (Å²) in [6.07, 6.45) is 0. The van der Waals surface area contributed by atoms with E-state index in [1.807, 2.05) is 31.2 Å². The van der Waals surface area contributed by atoms with Gasteiger partial charge in [-0.05, 0) is 42.7 Å². The third-order valence-electron chi connectivity index (χ3n) is 4.55. The molecule has 0 bridgehead atoms. The van der Waals surface area contributed by atoms with Gasteiger partial charge in [-0.25, -0.2) is 8.42 Å². The molecule has 0 amide bonds. The van der Waals surface area contributed by atoms with E-state index in [2.05, 4.69) is 15.9 Å². The van der Waals surface area contributed by atoms with E-state index in [9.17, 15) is 18.8 Å². The number of ether oxygens (including phenoxy) is 1. The van der Waals surface area contributed by atoms with Crippen LogP contribution in [0.1, 0.15) is 29.7 Å². The number of sulfonamides is 1. The number of benzene rings is 2. The van der Waals surface area contributed by atoms with Crippen LogP contribution in [-0.2, 0) is 21.3 Å². The Kier molecular flexibility index (Phi) is 5.79. The maximum atomic E-state index is 13.2. The average molecular weight is 463 g/mol. The van der Waals surface area contributed by atoms with Crippen molar-refractivity contribution in [2.75, 3.05) is 6.61 Å².